The second kappa shape index (κ2) is 6.14. The summed E-state index contributed by atoms with van der Waals surface area (Å²) in [6.45, 7) is 13.1. The molecule has 1 unspecified atom stereocenters. The molecule has 0 spiro atoms. The molecule has 0 rings (SSSR count). The molecule has 0 aromatic carbocycles. The Morgan fingerprint density at radius 2 is 1.80 bits per heavy atom. The molecule has 15 heavy (non-hydrogen) atoms. The van der Waals surface area contributed by atoms with Gasteiger partial charge in [-0.15, -0.1) is 0 Å². The molecule has 0 fully saturated rings. The van der Waals surface area contributed by atoms with Gasteiger partial charge in [0.1, 0.15) is 0 Å². The molecule has 0 bridgehead atoms. The summed E-state index contributed by atoms with van der Waals surface area (Å²) in [4.78, 5) is 11.4. The van der Waals surface area contributed by atoms with Gasteiger partial charge in [-0.05, 0) is 17.8 Å². The molecule has 0 aliphatic heterocycles. The van der Waals surface area contributed by atoms with E-state index < -0.39 is 0 Å². The van der Waals surface area contributed by atoms with Crippen LogP contribution in [0.5, 0.6) is 0 Å². The Kier molecular flexibility index (Phi) is 5.92. The third-order valence-electron chi connectivity index (χ3n) is 3.41. The van der Waals surface area contributed by atoms with Crippen LogP contribution in [-0.2, 0) is 9.53 Å². The summed E-state index contributed by atoms with van der Waals surface area (Å²) in [7, 11) is 0. The molecule has 0 aliphatic rings. The highest BCUT2D eigenvalue weighted by Crippen LogP contribution is 2.32. The van der Waals surface area contributed by atoms with Crippen LogP contribution in [0.25, 0.3) is 0 Å². The Morgan fingerprint density at radius 1 is 1.27 bits per heavy atom. The van der Waals surface area contributed by atoms with E-state index in [1.165, 1.54) is 0 Å². The van der Waals surface area contributed by atoms with Gasteiger partial charge in [-0.25, -0.2) is 0 Å². The summed E-state index contributed by atoms with van der Waals surface area (Å²) in [6.07, 6.45) is 2.18. The second-order valence-electron chi connectivity index (χ2n) is 5.23. The standard InChI is InChI=1S/C13H26O2/c1-7-11(13(5,6)8-2)9-15-12(14)10(3)4/h10-11H,7-9H2,1-6H3. The van der Waals surface area contributed by atoms with Crippen LogP contribution in [0.2, 0.25) is 0 Å². The predicted octanol–water partition coefficient (Wildman–Crippen LogP) is 3.65. The number of carbonyl (C=O) groups excluding carboxylic acids is 1. The minimum atomic E-state index is -0.0830. The lowest BCUT2D eigenvalue weighted by Crippen LogP contribution is -2.29. The van der Waals surface area contributed by atoms with E-state index in [1.54, 1.807) is 0 Å². The molecule has 0 saturated heterocycles. The predicted molar refractivity (Wildman–Crippen MR) is 63.7 cm³/mol. The molecule has 1 atom stereocenters. The third-order valence-corrected chi connectivity index (χ3v) is 3.41. The largest absolute Gasteiger partial charge is 0.465 e. The number of carbonyl (C=O) groups is 1. The molecule has 0 aliphatic carbocycles. The van der Waals surface area contributed by atoms with Gasteiger partial charge in [0.15, 0.2) is 0 Å². The molecule has 0 heterocycles. The first-order valence-electron chi connectivity index (χ1n) is 6.01. The first kappa shape index (κ1) is 14.5. The third kappa shape index (κ3) is 4.67. The van der Waals surface area contributed by atoms with E-state index in [0.717, 1.165) is 12.8 Å². The lowest BCUT2D eigenvalue weighted by molar-refractivity contribution is -0.150. The van der Waals surface area contributed by atoms with E-state index in [2.05, 4.69) is 27.7 Å². The van der Waals surface area contributed by atoms with Gasteiger partial charge in [0.2, 0.25) is 0 Å². The van der Waals surface area contributed by atoms with E-state index >= 15 is 0 Å². The quantitative estimate of drug-likeness (QED) is 0.631. The van der Waals surface area contributed by atoms with E-state index in [-0.39, 0.29) is 17.3 Å². The monoisotopic (exact) mass is 214 g/mol. The second-order valence-corrected chi connectivity index (χ2v) is 5.23. The van der Waals surface area contributed by atoms with E-state index in [0.29, 0.717) is 12.5 Å². The van der Waals surface area contributed by atoms with Gasteiger partial charge < -0.3 is 4.74 Å². The summed E-state index contributed by atoms with van der Waals surface area (Å²) >= 11 is 0. The maximum Gasteiger partial charge on any atom is 0.308 e. The van der Waals surface area contributed by atoms with Gasteiger partial charge >= 0.3 is 5.97 Å². The lowest BCUT2D eigenvalue weighted by Gasteiger charge is -2.32. The van der Waals surface area contributed by atoms with Crippen molar-refractivity contribution in [3.05, 3.63) is 0 Å². The SMILES string of the molecule is CCC(COC(=O)C(C)C)C(C)(C)CC. The van der Waals surface area contributed by atoms with Crippen molar-refractivity contribution in [2.45, 2.75) is 54.4 Å². The van der Waals surface area contributed by atoms with Crippen LogP contribution in [0.4, 0.5) is 0 Å². The molecule has 2 heteroatoms. The first-order chi connectivity index (χ1) is 6.85. The fourth-order valence-corrected chi connectivity index (χ4v) is 1.53. The van der Waals surface area contributed by atoms with Gasteiger partial charge in [-0.1, -0.05) is 48.0 Å². The molecule has 0 aromatic heterocycles. The van der Waals surface area contributed by atoms with Gasteiger partial charge in [-0.2, -0.15) is 0 Å². The van der Waals surface area contributed by atoms with Crippen LogP contribution in [0.1, 0.15) is 54.4 Å². The van der Waals surface area contributed by atoms with Crippen molar-refractivity contribution in [3.8, 4) is 0 Å². The highest BCUT2D eigenvalue weighted by molar-refractivity contribution is 5.71. The van der Waals surface area contributed by atoms with Crippen molar-refractivity contribution in [2.75, 3.05) is 6.61 Å². The highest BCUT2D eigenvalue weighted by atomic mass is 16.5. The zero-order valence-corrected chi connectivity index (χ0v) is 11.1. The summed E-state index contributed by atoms with van der Waals surface area (Å²) in [5.74, 6) is 0.359. The van der Waals surface area contributed by atoms with Crippen LogP contribution >= 0.6 is 0 Å². The van der Waals surface area contributed by atoms with Crippen LogP contribution in [0.3, 0.4) is 0 Å². The fourth-order valence-electron chi connectivity index (χ4n) is 1.53. The Labute approximate surface area is 94.4 Å². The maximum atomic E-state index is 11.4. The zero-order chi connectivity index (χ0) is 12.1. The van der Waals surface area contributed by atoms with Crippen molar-refractivity contribution in [3.63, 3.8) is 0 Å². The summed E-state index contributed by atoms with van der Waals surface area (Å²) in [5.41, 5.74) is 0.256. The molecule has 0 radical (unpaired) electrons. The number of rotatable bonds is 6. The fraction of sp³-hybridized carbons (Fsp3) is 0.923. The average Bonchev–Trinajstić information content (AvgIpc) is 2.17. The number of ether oxygens (including phenoxy) is 1. The van der Waals surface area contributed by atoms with Crippen molar-refractivity contribution in [1.29, 1.82) is 0 Å². The first-order valence-corrected chi connectivity index (χ1v) is 6.01. The van der Waals surface area contributed by atoms with E-state index in [1.807, 2.05) is 13.8 Å². The van der Waals surface area contributed by atoms with Crippen molar-refractivity contribution in [1.82, 2.24) is 0 Å². The summed E-state index contributed by atoms with van der Waals surface area (Å²) in [6, 6.07) is 0. The van der Waals surface area contributed by atoms with Crippen LogP contribution in [0.15, 0.2) is 0 Å². The van der Waals surface area contributed by atoms with E-state index in [4.69, 9.17) is 4.74 Å². The average molecular weight is 214 g/mol. The Hall–Kier alpha value is -0.530. The molecule has 0 saturated carbocycles. The van der Waals surface area contributed by atoms with Gasteiger partial charge in [0.25, 0.3) is 0 Å². The molecule has 90 valence electrons. The summed E-state index contributed by atoms with van der Waals surface area (Å²) < 4.78 is 5.31. The van der Waals surface area contributed by atoms with Crippen molar-refractivity contribution in [2.24, 2.45) is 17.3 Å². The Morgan fingerprint density at radius 3 is 2.13 bits per heavy atom. The molecule has 0 N–H and O–H groups in total. The molecular formula is C13H26O2. The Balaban J connectivity index is 4.18. The minimum absolute atomic E-state index is 0.0211. The lowest BCUT2D eigenvalue weighted by atomic mass is 9.76. The van der Waals surface area contributed by atoms with Crippen molar-refractivity contribution >= 4 is 5.97 Å². The van der Waals surface area contributed by atoms with Crippen LogP contribution < -0.4 is 0 Å². The maximum absolute atomic E-state index is 11.4. The Bertz CT molecular complexity index is 195. The zero-order valence-electron chi connectivity index (χ0n) is 11.1. The van der Waals surface area contributed by atoms with Gasteiger partial charge in [-0.3, -0.25) is 4.79 Å². The topological polar surface area (TPSA) is 26.3 Å². The van der Waals surface area contributed by atoms with Gasteiger partial charge in [0, 0.05) is 0 Å². The molecule has 0 aromatic rings. The minimum Gasteiger partial charge on any atom is -0.465 e. The van der Waals surface area contributed by atoms with Crippen LogP contribution in [-0.4, -0.2) is 12.6 Å². The molecular weight excluding hydrogens is 188 g/mol. The molecule has 2 nitrogen and oxygen atoms in total. The number of hydrogen-bond acceptors (Lipinski definition) is 2. The van der Waals surface area contributed by atoms with E-state index in [9.17, 15) is 4.79 Å². The normalized spacial score (nSPS) is 14.1. The number of hydrogen-bond donors (Lipinski definition) is 0. The van der Waals surface area contributed by atoms with Gasteiger partial charge in [0.05, 0.1) is 12.5 Å². The van der Waals surface area contributed by atoms with Crippen molar-refractivity contribution < 1.29 is 9.53 Å². The highest BCUT2D eigenvalue weighted by Gasteiger charge is 2.27. The number of esters is 1. The summed E-state index contributed by atoms with van der Waals surface area (Å²) in [5, 5.41) is 0. The molecule has 0 amide bonds. The smallest absolute Gasteiger partial charge is 0.308 e. The van der Waals surface area contributed by atoms with Crippen LogP contribution in [0, 0.1) is 17.3 Å².